The molecular formula is C17H24N2O2. The van der Waals surface area contributed by atoms with Crippen LogP contribution >= 0.6 is 0 Å². The number of carbonyl (C=O) groups is 1. The number of likely N-dealkylation sites (tertiary alicyclic amines) is 2. The minimum atomic E-state index is 0.150. The van der Waals surface area contributed by atoms with Crippen molar-refractivity contribution in [2.75, 3.05) is 26.7 Å². The van der Waals surface area contributed by atoms with Crippen LogP contribution in [0.2, 0.25) is 0 Å². The summed E-state index contributed by atoms with van der Waals surface area (Å²) >= 11 is 0. The Morgan fingerprint density at radius 3 is 2.57 bits per heavy atom. The van der Waals surface area contributed by atoms with E-state index in [9.17, 15) is 4.79 Å². The lowest BCUT2D eigenvalue weighted by molar-refractivity contribution is 0.0677. The first-order chi connectivity index (χ1) is 10.3. The van der Waals surface area contributed by atoms with Gasteiger partial charge in [0, 0.05) is 26.7 Å². The summed E-state index contributed by atoms with van der Waals surface area (Å²) in [4.78, 5) is 16.7. The van der Waals surface area contributed by atoms with Crippen molar-refractivity contribution < 1.29 is 9.53 Å². The van der Waals surface area contributed by atoms with Gasteiger partial charge in [-0.25, -0.2) is 4.79 Å². The number of rotatable bonds is 3. The fourth-order valence-corrected chi connectivity index (χ4v) is 3.52. The smallest absolute Gasteiger partial charge is 0.320 e. The van der Waals surface area contributed by atoms with Gasteiger partial charge in [0.05, 0.1) is 12.1 Å². The predicted octanol–water partition coefficient (Wildman–Crippen LogP) is 2.53. The van der Waals surface area contributed by atoms with Crippen LogP contribution in [0.15, 0.2) is 30.3 Å². The maximum absolute atomic E-state index is 12.7. The molecule has 114 valence electrons. The summed E-state index contributed by atoms with van der Waals surface area (Å²) in [6.45, 7) is 2.63. The van der Waals surface area contributed by atoms with E-state index in [1.807, 2.05) is 15.9 Å². The van der Waals surface area contributed by atoms with E-state index in [0.29, 0.717) is 0 Å². The van der Waals surface area contributed by atoms with Crippen molar-refractivity contribution in [2.24, 2.45) is 0 Å². The Kier molecular flexibility index (Phi) is 4.44. The number of urea groups is 1. The zero-order valence-electron chi connectivity index (χ0n) is 12.7. The second-order valence-electron chi connectivity index (χ2n) is 5.99. The summed E-state index contributed by atoms with van der Waals surface area (Å²) in [6, 6.07) is 10.8. The van der Waals surface area contributed by atoms with Crippen molar-refractivity contribution >= 4 is 6.03 Å². The first-order valence-electron chi connectivity index (χ1n) is 7.92. The van der Waals surface area contributed by atoms with Crippen molar-refractivity contribution in [3.05, 3.63) is 35.9 Å². The van der Waals surface area contributed by atoms with Gasteiger partial charge in [0.1, 0.15) is 0 Å². The standard InChI is InChI=1S/C17H24N2O2/c1-21-16-9-12-19(17(20)18-10-5-6-11-18)15(16)13-14-7-3-2-4-8-14/h2-4,7-8,15-16H,5-6,9-13H2,1H3/t15-,16+/m0/s1. The fraction of sp³-hybridized carbons (Fsp3) is 0.588. The normalized spacial score (nSPS) is 25.6. The Hall–Kier alpha value is -1.55. The Balaban J connectivity index is 1.74. The zero-order valence-corrected chi connectivity index (χ0v) is 12.7. The topological polar surface area (TPSA) is 32.8 Å². The van der Waals surface area contributed by atoms with Gasteiger partial charge in [-0.05, 0) is 31.2 Å². The van der Waals surface area contributed by atoms with E-state index in [2.05, 4.69) is 24.3 Å². The molecule has 0 N–H and O–H groups in total. The van der Waals surface area contributed by atoms with Gasteiger partial charge in [-0.2, -0.15) is 0 Å². The maximum Gasteiger partial charge on any atom is 0.320 e. The SMILES string of the molecule is CO[C@@H]1CCN(C(=O)N2CCCC2)[C@H]1Cc1ccccc1. The van der Waals surface area contributed by atoms with Crippen molar-refractivity contribution in [3.8, 4) is 0 Å². The number of methoxy groups -OCH3 is 1. The van der Waals surface area contributed by atoms with Gasteiger partial charge >= 0.3 is 6.03 Å². The summed E-state index contributed by atoms with van der Waals surface area (Å²) in [7, 11) is 1.76. The number of amides is 2. The molecule has 2 saturated heterocycles. The van der Waals surface area contributed by atoms with Gasteiger partial charge in [0.2, 0.25) is 0 Å². The highest BCUT2D eigenvalue weighted by atomic mass is 16.5. The molecule has 4 nitrogen and oxygen atoms in total. The third kappa shape index (κ3) is 3.05. The molecule has 0 spiro atoms. The third-order valence-corrected chi connectivity index (χ3v) is 4.70. The molecule has 2 heterocycles. The zero-order chi connectivity index (χ0) is 14.7. The molecule has 2 aliphatic rings. The Bertz CT molecular complexity index is 471. The summed E-state index contributed by atoms with van der Waals surface area (Å²) < 4.78 is 5.63. The number of benzene rings is 1. The first-order valence-corrected chi connectivity index (χ1v) is 7.92. The fourth-order valence-electron chi connectivity index (χ4n) is 3.52. The minimum absolute atomic E-state index is 0.150. The monoisotopic (exact) mass is 288 g/mol. The van der Waals surface area contributed by atoms with Gasteiger partial charge in [-0.3, -0.25) is 0 Å². The molecule has 0 aliphatic carbocycles. The number of ether oxygens (including phenoxy) is 1. The van der Waals surface area contributed by atoms with Gasteiger partial charge < -0.3 is 14.5 Å². The Labute approximate surface area is 126 Å². The molecule has 1 aromatic rings. The molecule has 2 amide bonds. The van der Waals surface area contributed by atoms with E-state index >= 15 is 0 Å². The van der Waals surface area contributed by atoms with E-state index in [-0.39, 0.29) is 18.2 Å². The van der Waals surface area contributed by atoms with E-state index in [1.165, 1.54) is 5.56 Å². The average molecular weight is 288 g/mol. The van der Waals surface area contributed by atoms with Gasteiger partial charge in [0.15, 0.2) is 0 Å². The van der Waals surface area contributed by atoms with Crippen LogP contribution in [0, 0.1) is 0 Å². The Morgan fingerprint density at radius 1 is 1.19 bits per heavy atom. The number of hydrogen-bond donors (Lipinski definition) is 0. The van der Waals surface area contributed by atoms with Crippen LogP contribution < -0.4 is 0 Å². The predicted molar refractivity (Wildman–Crippen MR) is 82.3 cm³/mol. The molecule has 0 aromatic heterocycles. The molecule has 2 aliphatic heterocycles. The third-order valence-electron chi connectivity index (χ3n) is 4.70. The highest BCUT2D eigenvalue weighted by molar-refractivity contribution is 5.75. The second-order valence-corrected chi connectivity index (χ2v) is 5.99. The molecule has 21 heavy (non-hydrogen) atoms. The molecule has 4 heteroatoms. The minimum Gasteiger partial charge on any atom is -0.379 e. The highest BCUT2D eigenvalue weighted by Gasteiger charge is 2.39. The van der Waals surface area contributed by atoms with Crippen LogP contribution in [0.4, 0.5) is 4.79 Å². The van der Waals surface area contributed by atoms with E-state index in [0.717, 1.165) is 45.3 Å². The van der Waals surface area contributed by atoms with Crippen LogP contribution in [-0.2, 0) is 11.2 Å². The lowest BCUT2D eigenvalue weighted by Crippen LogP contribution is -2.47. The largest absolute Gasteiger partial charge is 0.379 e. The molecule has 0 saturated carbocycles. The summed E-state index contributed by atoms with van der Waals surface area (Å²) in [6.07, 6.45) is 4.23. The van der Waals surface area contributed by atoms with Gasteiger partial charge in [-0.15, -0.1) is 0 Å². The summed E-state index contributed by atoms with van der Waals surface area (Å²) in [5.74, 6) is 0. The van der Waals surface area contributed by atoms with Crippen LogP contribution in [0.1, 0.15) is 24.8 Å². The van der Waals surface area contributed by atoms with Crippen molar-refractivity contribution in [3.63, 3.8) is 0 Å². The quantitative estimate of drug-likeness (QED) is 0.856. The maximum atomic E-state index is 12.7. The average Bonchev–Trinajstić information content (AvgIpc) is 3.17. The lowest BCUT2D eigenvalue weighted by Gasteiger charge is -2.31. The number of nitrogens with zero attached hydrogens (tertiary/aromatic N) is 2. The van der Waals surface area contributed by atoms with E-state index in [1.54, 1.807) is 7.11 Å². The molecule has 0 bridgehead atoms. The molecule has 0 unspecified atom stereocenters. The summed E-state index contributed by atoms with van der Waals surface area (Å²) in [5.41, 5.74) is 1.27. The number of carbonyl (C=O) groups excluding carboxylic acids is 1. The number of hydrogen-bond acceptors (Lipinski definition) is 2. The second kappa shape index (κ2) is 6.48. The van der Waals surface area contributed by atoms with E-state index < -0.39 is 0 Å². The van der Waals surface area contributed by atoms with Crippen molar-refractivity contribution in [2.45, 2.75) is 37.8 Å². The molecule has 2 atom stereocenters. The van der Waals surface area contributed by atoms with Crippen LogP contribution in [0.5, 0.6) is 0 Å². The Morgan fingerprint density at radius 2 is 1.90 bits per heavy atom. The lowest BCUT2D eigenvalue weighted by atomic mass is 10.0. The molecular weight excluding hydrogens is 264 g/mol. The van der Waals surface area contributed by atoms with Crippen LogP contribution in [-0.4, -0.2) is 54.7 Å². The molecule has 0 radical (unpaired) electrons. The van der Waals surface area contributed by atoms with Gasteiger partial charge in [-0.1, -0.05) is 30.3 Å². The van der Waals surface area contributed by atoms with Crippen molar-refractivity contribution in [1.29, 1.82) is 0 Å². The first kappa shape index (κ1) is 14.4. The van der Waals surface area contributed by atoms with Crippen LogP contribution in [0.3, 0.4) is 0 Å². The van der Waals surface area contributed by atoms with E-state index in [4.69, 9.17) is 4.74 Å². The highest BCUT2D eigenvalue weighted by Crippen LogP contribution is 2.26. The molecule has 3 rings (SSSR count). The van der Waals surface area contributed by atoms with Gasteiger partial charge in [0.25, 0.3) is 0 Å². The molecule has 2 fully saturated rings. The molecule has 1 aromatic carbocycles. The van der Waals surface area contributed by atoms with Crippen LogP contribution in [0.25, 0.3) is 0 Å². The van der Waals surface area contributed by atoms with Crippen molar-refractivity contribution in [1.82, 2.24) is 9.80 Å². The summed E-state index contributed by atoms with van der Waals surface area (Å²) in [5, 5.41) is 0.